The second kappa shape index (κ2) is 9.46. The number of hydrogen-bond acceptors (Lipinski definition) is 7. The molecule has 7 nitrogen and oxygen atoms in total. The van der Waals surface area contributed by atoms with Crippen molar-refractivity contribution in [1.82, 2.24) is 0 Å². The molecule has 0 radical (unpaired) electrons. The summed E-state index contributed by atoms with van der Waals surface area (Å²) in [5.74, 6) is -1.71. The third kappa shape index (κ3) is 4.45. The van der Waals surface area contributed by atoms with E-state index in [9.17, 15) is 25.2 Å². The summed E-state index contributed by atoms with van der Waals surface area (Å²) < 4.78 is 11.1. The highest BCUT2D eigenvalue weighted by Crippen LogP contribution is 2.56. The Morgan fingerprint density at radius 2 is 1.18 bits per heavy atom. The third-order valence-corrected chi connectivity index (χ3v) is 5.28. The number of hydrogen-bond donors (Lipinski definition) is 4. The van der Waals surface area contributed by atoms with Crippen LogP contribution in [0.4, 0.5) is 0 Å². The molecule has 4 aromatic rings. The molecule has 0 aliphatic carbocycles. The van der Waals surface area contributed by atoms with Crippen LogP contribution in [0.25, 0.3) is 22.3 Å². The van der Waals surface area contributed by atoms with Gasteiger partial charge in [-0.15, -0.1) is 0 Å². The monoisotopic (exact) mass is 458 g/mol. The molecule has 0 saturated heterocycles. The number of carbonyl (C=O) groups excluding carboxylic acids is 1. The lowest BCUT2D eigenvalue weighted by Gasteiger charge is -2.20. The van der Waals surface area contributed by atoms with Gasteiger partial charge in [0.25, 0.3) is 0 Å². The quantitative estimate of drug-likeness (QED) is 0.237. The van der Waals surface area contributed by atoms with Gasteiger partial charge in [-0.05, 0) is 41.0 Å². The minimum absolute atomic E-state index is 0.00456. The fourth-order valence-electron chi connectivity index (χ4n) is 3.68. The van der Waals surface area contributed by atoms with Crippen LogP contribution in [0.3, 0.4) is 0 Å². The predicted molar refractivity (Wildman–Crippen MR) is 126 cm³/mol. The van der Waals surface area contributed by atoms with E-state index in [1.807, 2.05) is 6.07 Å². The normalized spacial score (nSPS) is 10.6. The maximum atomic E-state index is 12.8. The first kappa shape index (κ1) is 22.5. The predicted octanol–water partition coefficient (Wildman–Crippen LogP) is 5.00. The molecule has 0 bridgehead atoms. The summed E-state index contributed by atoms with van der Waals surface area (Å²) in [4.78, 5) is 12.8. The van der Waals surface area contributed by atoms with Crippen LogP contribution >= 0.6 is 0 Å². The molecule has 0 aliphatic rings. The molecule has 0 atom stereocenters. The number of benzene rings is 4. The Hall–Kier alpha value is -4.65. The first-order valence-electron chi connectivity index (χ1n) is 10.4. The summed E-state index contributed by atoms with van der Waals surface area (Å²) in [6.45, 7) is 0. The molecule has 0 fully saturated rings. The van der Waals surface area contributed by atoms with Crippen molar-refractivity contribution in [2.75, 3.05) is 7.11 Å². The van der Waals surface area contributed by atoms with Gasteiger partial charge in [0.1, 0.15) is 11.5 Å². The lowest BCUT2D eigenvalue weighted by molar-refractivity contribution is -0.133. The highest BCUT2D eigenvalue weighted by Gasteiger charge is 2.29. The average Bonchev–Trinajstić information content (AvgIpc) is 2.83. The number of esters is 1. The van der Waals surface area contributed by atoms with E-state index in [1.54, 1.807) is 36.4 Å². The Bertz CT molecular complexity index is 1310. The zero-order valence-electron chi connectivity index (χ0n) is 18.2. The van der Waals surface area contributed by atoms with Crippen molar-refractivity contribution in [1.29, 1.82) is 0 Å². The van der Waals surface area contributed by atoms with Gasteiger partial charge < -0.3 is 29.9 Å². The number of methoxy groups -OCH3 is 1. The van der Waals surface area contributed by atoms with Crippen molar-refractivity contribution in [3.8, 4) is 56.8 Å². The van der Waals surface area contributed by atoms with Crippen LogP contribution in [-0.4, -0.2) is 33.5 Å². The fourth-order valence-corrected chi connectivity index (χ4v) is 3.68. The van der Waals surface area contributed by atoms with E-state index in [0.717, 1.165) is 5.56 Å². The largest absolute Gasteiger partial charge is 0.508 e. The standard InChI is InChI=1S/C27H22O7/c1-33-26-23(18-9-13-20(29)14-10-18)27(34-21(30)15-16-5-3-2-4-6-16)25(32)22(24(26)31)17-7-11-19(28)12-8-17/h2-14,28-29,31-32H,15H2,1H3. The van der Waals surface area contributed by atoms with Crippen molar-refractivity contribution in [2.45, 2.75) is 6.42 Å². The molecule has 0 amide bonds. The first-order chi connectivity index (χ1) is 16.4. The molecule has 0 aliphatic heterocycles. The second-order valence-corrected chi connectivity index (χ2v) is 7.54. The summed E-state index contributed by atoms with van der Waals surface area (Å²) in [5, 5.41) is 41.6. The summed E-state index contributed by atoms with van der Waals surface area (Å²) in [7, 11) is 1.34. The van der Waals surface area contributed by atoms with Crippen LogP contribution in [0.15, 0.2) is 78.9 Å². The van der Waals surface area contributed by atoms with Crippen LogP contribution in [-0.2, 0) is 11.2 Å². The molecule has 0 unspecified atom stereocenters. The molecule has 4 rings (SSSR count). The van der Waals surface area contributed by atoms with Gasteiger partial charge in [-0.2, -0.15) is 0 Å². The van der Waals surface area contributed by atoms with Crippen LogP contribution in [0.1, 0.15) is 5.56 Å². The fraction of sp³-hybridized carbons (Fsp3) is 0.0741. The van der Waals surface area contributed by atoms with E-state index in [0.29, 0.717) is 11.1 Å². The van der Waals surface area contributed by atoms with Crippen molar-refractivity contribution < 1.29 is 34.7 Å². The Morgan fingerprint density at radius 1 is 0.676 bits per heavy atom. The average molecular weight is 458 g/mol. The topological polar surface area (TPSA) is 116 Å². The van der Waals surface area contributed by atoms with E-state index in [-0.39, 0.29) is 46.3 Å². The Labute approximate surface area is 195 Å². The van der Waals surface area contributed by atoms with Crippen LogP contribution in [0.2, 0.25) is 0 Å². The highest BCUT2D eigenvalue weighted by molar-refractivity contribution is 5.94. The van der Waals surface area contributed by atoms with Gasteiger partial charge in [0, 0.05) is 0 Å². The maximum Gasteiger partial charge on any atom is 0.315 e. The van der Waals surface area contributed by atoms with E-state index in [2.05, 4.69) is 0 Å². The molecule has 0 heterocycles. The van der Waals surface area contributed by atoms with Gasteiger partial charge in [0.05, 0.1) is 24.7 Å². The smallest absolute Gasteiger partial charge is 0.315 e. The Balaban J connectivity index is 1.91. The molecular weight excluding hydrogens is 436 g/mol. The maximum absolute atomic E-state index is 12.8. The molecule has 172 valence electrons. The molecule has 0 saturated carbocycles. The van der Waals surface area contributed by atoms with Gasteiger partial charge in [0.15, 0.2) is 23.0 Å². The molecule has 7 heteroatoms. The number of rotatable bonds is 6. The zero-order valence-corrected chi connectivity index (χ0v) is 18.2. The van der Waals surface area contributed by atoms with Crippen LogP contribution < -0.4 is 9.47 Å². The van der Waals surface area contributed by atoms with Crippen molar-refractivity contribution >= 4 is 5.97 Å². The van der Waals surface area contributed by atoms with Gasteiger partial charge in [0.2, 0.25) is 0 Å². The summed E-state index contributed by atoms with van der Waals surface area (Å²) in [6.07, 6.45) is -0.0486. The van der Waals surface area contributed by atoms with Gasteiger partial charge in [-0.25, -0.2) is 0 Å². The van der Waals surface area contributed by atoms with E-state index in [1.165, 1.54) is 43.5 Å². The Kier molecular flexibility index (Phi) is 6.27. The molecule has 4 N–H and O–H groups in total. The number of phenols is 4. The number of ether oxygens (including phenoxy) is 2. The second-order valence-electron chi connectivity index (χ2n) is 7.54. The zero-order chi connectivity index (χ0) is 24.2. The lowest BCUT2D eigenvalue weighted by atomic mass is 9.95. The number of phenolic OH excluding ortho intramolecular Hbond substituents is 4. The highest BCUT2D eigenvalue weighted by atomic mass is 16.5. The molecule has 34 heavy (non-hydrogen) atoms. The van der Waals surface area contributed by atoms with Gasteiger partial charge in [-0.3, -0.25) is 4.79 Å². The molecule has 0 aromatic heterocycles. The number of carbonyl (C=O) groups is 1. The van der Waals surface area contributed by atoms with Crippen LogP contribution in [0.5, 0.6) is 34.5 Å². The third-order valence-electron chi connectivity index (χ3n) is 5.28. The summed E-state index contributed by atoms with van der Waals surface area (Å²) in [6, 6.07) is 20.7. The van der Waals surface area contributed by atoms with Crippen LogP contribution in [0, 0.1) is 0 Å². The SMILES string of the molecule is COc1c(O)c(-c2ccc(O)cc2)c(O)c(OC(=O)Cc2ccccc2)c1-c1ccc(O)cc1. The van der Waals surface area contributed by atoms with Crippen molar-refractivity contribution in [2.24, 2.45) is 0 Å². The first-order valence-corrected chi connectivity index (χ1v) is 10.4. The van der Waals surface area contributed by atoms with Crippen molar-refractivity contribution in [3.05, 3.63) is 84.4 Å². The Morgan fingerprint density at radius 3 is 1.71 bits per heavy atom. The summed E-state index contributed by atoms with van der Waals surface area (Å²) in [5.41, 5.74) is 1.63. The molecule has 4 aromatic carbocycles. The molecular formula is C27H22O7. The van der Waals surface area contributed by atoms with Gasteiger partial charge in [-0.1, -0.05) is 54.6 Å². The minimum atomic E-state index is -0.633. The lowest BCUT2D eigenvalue weighted by Crippen LogP contribution is -2.12. The van der Waals surface area contributed by atoms with E-state index < -0.39 is 11.7 Å². The van der Waals surface area contributed by atoms with Crippen molar-refractivity contribution in [3.63, 3.8) is 0 Å². The minimum Gasteiger partial charge on any atom is -0.508 e. The number of aromatic hydroxyl groups is 4. The van der Waals surface area contributed by atoms with E-state index >= 15 is 0 Å². The van der Waals surface area contributed by atoms with E-state index in [4.69, 9.17) is 9.47 Å². The van der Waals surface area contributed by atoms with Gasteiger partial charge >= 0.3 is 5.97 Å². The molecule has 0 spiro atoms. The summed E-state index contributed by atoms with van der Waals surface area (Å²) >= 11 is 0.